The minimum Gasteiger partial charge on any atom is -0.496 e. The smallest absolute Gasteiger partial charge is 0.193 e. The van der Waals surface area contributed by atoms with E-state index in [0.717, 1.165) is 42.8 Å². The maximum Gasteiger partial charge on any atom is 0.193 e. The molecule has 0 bridgehead atoms. The average molecular weight is 461 g/mol. The molecule has 1 saturated heterocycles. The Morgan fingerprint density at radius 3 is 2.68 bits per heavy atom. The molecule has 0 aliphatic carbocycles. The van der Waals surface area contributed by atoms with Crippen LogP contribution in [0.25, 0.3) is 0 Å². The Bertz CT molecular complexity index is 517. The summed E-state index contributed by atoms with van der Waals surface area (Å²) in [5.41, 5.74) is 1.07. The van der Waals surface area contributed by atoms with Crippen LogP contribution < -0.4 is 10.1 Å². The normalized spacial score (nSPS) is 15.6. The van der Waals surface area contributed by atoms with Crippen LogP contribution in [0.4, 0.5) is 0 Å². The zero-order chi connectivity index (χ0) is 17.2. The lowest BCUT2D eigenvalue weighted by atomic mass is 10.00. The van der Waals surface area contributed by atoms with Gasteiger partial charge in [-0.15, -0.1) is 24.0 Å². The van der Waals surface area contributed by atoms with E-state index in [1.54, 1.807) is 7.11 Å². The molecule has 1 aliphatic heterocycles. The Labute approximate surface area is 169 Å². The van der Waals surface area contributed by atoms with Gasteiger partial charge in [-0.05, 0) is 31.7 Å². The number of methoxy groups -OCH3 is 1. The summed E-state index contributed by atoms with van der Waals surface area (Å²) in [6, 6.07) is 7.95. The monoisotopic (exact) mass is 461 g/mol. The number of guanidine groups is 1. The van der Waals surface area contributed by atoms with Gasteiger partial charge in [-0.1, -0.05) is 25.1 Å². The van der Waals surface area contributed by atoms with Crippen molar-refractivity contribution in [2.24, 2.45) is 10.9 Å². The topological polar surface area (TPSA) is 46.1 Å². The lowest BCUT2D eigenvalue weighted by molar-refractivity contribution is 0.126. The van der Waals surface area contributed by atoms with E-state index in [-0.39, 0.29) is 24.0 Å². The highest BCUT2D eigenvalue weighted by atomic mass is 127. The average Bonchev–Trinajstić information content (AvgIpc) is 2.61. The van der Waals surface area contributed by atoms with Gasteiger partial charge < -0.3 is 19.7 Å². The van der Waals surface area contributed by atoms with Gasteiger partial charge in [0.2, 0.25) is 0 Å². The molecule has 25 heavy (non-hydrogen) atoms. The quantitative estimate of drug-likeness (QED) is 0.292. The Balaban J connectivity index is 0.00000312. The lowest BCUT2D eigenvalue weighted by Gasteiger charge is -2.33. The summed E-state index contributed by atoms with van der Waals surface area (Å²) in [7, 11) is 1.69. The molecular weight excluding hydrogens is 429 g/mol. The number of para-hydroxylation sites is 1. The lowest BCUT2D eigenvalue weighted by Crippen LogP contribution is -2.45. The van der Waals surface area contributed by atoms with Crippen molar-refractivity contribution in [3.05, 3.63) is 29.8 Å². The molecule has 1 fully saturated rings. The molecule has 1 N–H and O–H groups in total. The predicted molar refractivity (Wildman–Crippen MR) is 114 cm³/mol. The van der Waals surface area contributed by atoms with E-state index in [1.807, 2.05) is 24.3 Å². The molecular formula is C19H32IN3O2. The van der Waals surface area contributed by atoms with Crippen LogP contribution in [0.5, 0.6) is 5.75 Å². The molecule has 0 amide bonds. The third kappa shape index (κ3) is 7.40. The van der Waals surface area contributed by atoms with Crippen molar-refractivity contribution in [1.82, 2.24) is 10.2 Å². The van der Waals surface area contributed by atoms with Gasteiger partial charge in [-0.2, -0.15) is 0 Å². The highest BCUT2D eigenvalue weighted by Crippen LogP contribution is 2.18. The Kier molecular flexibility index (Phi) is 10.9. The van der Waals surface area contributed by atoms with E-state index in [1.165, 1.54) is 12.8 Å². The number of nitrogens with zero attached hydrogens (tertiary/aromatic N) is 2. The number of benzene rings is 1. The van der Waals surface area contributed by atoms with Crippen molar-refractivity contribution < 1.29 is 9.47 Å². The van der Waals surface area contributed by atoms with Crippen molar-refractivity contribution in [3.63, 3.8) is 0 Å². The minimum absolute atomic E-state index is 0. The van der Waals surface area contributed by atoms with Gasteiger partial charge in [0.25, 0.3) is 0 Å². The molecule has 1 aromatic rings. The Morgan fingerprint density at radius 1 is 1.28 bits per heavy atom. The summed E-state index contributed by atoms with van der Waals surface area (Å²) in [4.78, 5) is 7.08. The summed E-state index contributed by atoms with van der Waals surface area (Å²) >= 11 is 0. The number of likely N-dealkylation sites (tertiary alicyclic amines) is 1. The first-order chi connectivity index (χ1) is 11.7. The number of ether oxygens (including phenoxy) is 2. The molecule has 1 heterocycles. The second-order valence-corrected chi connectivity index (χ2v) is 6.27. The Hall–Kier alpha value is -1.02. The highest BCUT2D eigenvalue weighted by Gasteiger charge is 2.18. The van der Waals surface area contributed by atoms with Crippen molar-refractivity contribution in [2.75, 3.05) is 39.9 Å². The zero-order valence-electron chi connectivity index (χ0n) is 15.7. The van der Waals surface area contributed by atoms with Crippen molar-refractivity contribution in [3.8, 4) is 5.75 Å². The van der Waals surface area contributed by atoms with E-state index in [9.17, 15) is 0 Å². The van der Waals surface area contributed by atoms with Crippen molar-refractivity contribution in [2.45, 2.75) is 33.3 Å². The highest BCUT2D eigenvalue weighted by molar-refractivity contribution is 14.0. The third-order valence-corrected chi connectivity index (χ3v) is 4.37. The number of hydrogen-bond acceptors (Lipinski definition) is 3. The van der Waals surface area contributed by atoms with E-state index in [2.05, 4.69) is 24.1 Å². The summed E-state index contributed by atoms with van der Waals surface area (Å²) in [6.45, 7) is 9.35. The van der Waals surface area contributed by atoms with Gasteiger partial charge in [-0.25, -0.2) is 0 Å². The summed E-state index contributed by atoms with van der Waals surface area (Å²) in [5.74, 6) is 2.72. The summed E-state index contributed by atoms with van der Waals surface area (Å²) in [5, 5.41) is 3.39. The van der Waals surface area contributed by atoms with Crippen molar-refractivity contribution >= 4 is 29.9 Å². The maximum atomic E-state index is 5.76. The second kappa shape index (κ2) is 12.4. The third-order valence-electron chi connectivity index (χ3n) is 4.37. The molecule has 6 heteroatoms. The molecule has 5 nitrogen and oxygen atoms in total. The number of rotatable bonds is 7. The van der Waals surface area contributed by atoms with Gasteiger partial charge >= 0.3 is 0 Å². The predicted octanol–water partition coefficient (Wildman–Crippen LogP) is 3.53. The van der Waals surface area contributed by atoms with E-state index >= 15 is 0 Å². The summed E-state index contributed by atoms with van der Waals surface area (Å²) < 4.78 is 11.1. The first-order valence-electron chi connectivity index (χ1n) is 8.97. The molecule has 2 rings (SSSR count). The maximum absolute atomic E-state index is 5.76. The molecule has 1 aromatic carbocycles. The largest absolute Gasteiger partial charge is 0.496 e. The molecule has 0 saturated carbocycles. The van der Waals surface area contributed by atoms with Crippen LogP contribution in [-0.4, -0.2) is 50.8 Å². The fourth-order valence-corrected chi connectivity index (χ4v) is 2.87. The van der Waals surface area contributed by atoms with Gasteiger partial charge in [-0.3, -0.25) is 4.99 Å². The van der Waals surface area contributed by atoms with Crippen LogP contribution in [0.3, 0.4) is 0 Å². The van der Waals surface area contributed by atoms with E-state index < -0.39 is 0 Å². The van der Waals surface area contributed by atoms with Crippen LogP contribution in [0.2, 0.25) is 0 Å². The van der Waals surface area contributed by atoms with Crippen molar-refractivity contribution in [1.29, 1.82) is 0 Å². The Morgan fingerprint density at radius 2 is 2.00 bits per heavy atom. The number of hydrogen-bond donors (Lipinski definition) is 1. The zero-order valence-corrected chi connectivity index (χ0v) is 18.0. The SMILES string of the molecule is CCNC(=NCCOCc1ccccc1OC)N1CCC(C)CC1.I. The first kappa shape index (κ1) is 22.0. The summed E-state index contributed by atoms with van der Waals surface area (Å²) in [6.07, 6.45) is 2.49. The number of aliphatic imine (C=N–C) groups is 1. The van der Waals surface area contributed by atoms with Gasteiger partial charge in [0.15, 0.2) is 5.96 Å². The fraction of sp³-hybridized carbons (Fsp3) is 0.632. The van der Waals surface area contributed by atoms with E-state index in [4.69, 9.17) is 14.5 Å². The molecule has 0 unspecified atom stereocenters. The molecule has 0 atom stereocenters. The van der Waals surface area contributed by atoms with E-state index in [0.29, 0.717) is 19.8 Å². The number of piperidine rings is 1. The minimum atomic E-state index is 0. The van der Waals surface area contributed by atoms with Crippen LogP contribution in [-0.2, 0) is 11.3 Å². The fourth-order valence-electron chi connectivity index (χ4n) is 2.87. The van der Waals surface area contributed by atoms with Gasteiger partial charge in [0.05, 0.1) is 26.9 Å². The molecule has 0 spiro atoms. The standard InChI is InChI=1S/C19H31N3O2.HI/c1-4-20-19(22-12-9-16(2)10-13-22)21-11-14-24-15-17-7-5-6-8-18(17)23-3;/h5-8,16H,4,9-15H2,1-3H3,(H,20,21);1H. The molecule has 142 valence electrons. The van der Waals surface area contributed by atoms with Gasteiger partial charge in [0, 0.05) is 25.2 Å². The van der Waals surface area contributed by atoms with Crippen LogP contribution in [0.15, 0.2) is 29.3 Å². The second-order valence-electron chi connectivity index (χ2n) is 6.27. The number of halogens is 1. The molecule has 1 aliphatic rings. The van der Waals surface area contributed by atoms with Crippen LogP contribution >= 0.6 is 24.0 Å². The van der Waals surface area contributed by atoms with Crippen LogP contribution in [0.1, 0.15) is 32.3 Å². The molecule has 0 radical (unpaired) electrons. The van der Waals surface area contributed by atoms with Crippen LogP contribution in [0, 0.1) is 5.92 Å². The molecule has 0 aromatic heterocycles. The number of nitrogens with one attached hydrogen (secondary N) is 1. The first-order valence-corrected chi connectivity index (χ1v) is 8.97. The van der Waals surface area contributed by atoms with Gasteiger partial charge in [0.1, 0.15) is 5.75 Å².